The Kier molecular flexibility index (Phi) is 4.98. The molecule has 2 aromatic carbocycles. The van der Waals surface area contributed by atoms with Gasteiger partial charge in [-0.25, -0.2) is 0 Å². The number of amides is 1. The monoisotopic (exact) mass is 350 g/mol. The highest BCUT2D eigenvalue weighted by Crippen LogP contribution is 2.30. The molecule has 1 aromatic heterocycles. The van der Waals surface area contributed by atoms with Gasteiger partial charge in [0, 0.05) is 17.5 Å². The van der Waals surface area contributed by atoms with E-state index in [2.05, 4.69) is 9.88 Å². The first-order valence-corrected chi connectivity index (χ1v) is 8.33. The number of hydrogen-bond donors (Lipinski definition) is 1. The van der Waals surface area contributed by atoms with Gasteiger partial charge >= 0.3 is 0 Å². The van der Waals surface area contributed by atoms with Gasteiger partial charge < -0.3 is 19.4 Å². The Balaban J connectivity index is 1.98. The number of rotatable bonds is 5. The van der Waals surface area contributed by atoms with Crippen LogP contribution in [-0.4, -0.2) is 24.7 Å². The molecule has 0 aliphatic rings. The molecule has 0 fully saturated rings. The third-order valence-corrected chi connectivity index (χ3v) is 4.32. The largest absolute Gasteiger partial charge is 0.497 e. The predicted molar refractivity (Wildman–Crippen MR) is 103 cm³/mol. The number of benzene rings is 2. The molecule has 0 aliphatic heterocycles. The Morgan fingerprint density at radius 2 is 1.62 bits per heavy atom. The van der Waals surface area contributed by atoms with E-state index in [9.17, 15) is 4.79 Å². The molecule has 0 unspecified atom stereocenters. The molecule has 134 valence electrons. The van der Waals surface area contributed by atoms with E-state index in [1.165, 1.54) is 0 Å². The molecule has 0 spiro atoms. The van der Waals surface area contributed by atoms with Crippen molar-refractivity contribution in [2.24, 2.45) is 0 Å². The van der Waals surface area contributed by atoms with E-state index in [4.69, 9.17) is 9.47 Å². The summed E-state index contributed by atoms with van der Waals surface area (Å²) in [5.41, 5.74) is 4.17. The Labute approximate surface area is 153 Å². The first-order valence-electron chi connectivity index (χ1n) is 8.33. The Morgan fingerprint density at radius 3 is 2.27 bits per heavy atom. The third-order valence-electron chi connectivity index (χ3n) is 4.32. The van der Waals surface area contributed by atoms with Crippen LogP contribution in [0.25, 0.3) is 5.69 Å². The number of carbonyl (C=O) groups is 1. The van der Waals surface area contributed by atoms with Crippen LogP contribution in [0.4, 0.5) is 5.69 Å². The number of nitrogens with zero attached hydrogens (tertiary/aromatic N) is 1. The van der Waals surface area contributed by atoms with Crippen LogP contribution in [0.3, 0.4) is 0 Å². The first kappa shape index (κ1) is 17.6. The van der Waals surface area contributed by atoms with Crippen molar-refractivity contribution < 1.29 is 14.3 Å². The number of carbonyl (C=O) groups excluding carboxylic acids is 1. The zero-order valence-corrected chi connectivity index (χ0v) is 15.4. The van der Waals surface area contributed by atoms with Crippen LogP contribution >= 0.6 is 0 Å². The smallest absolute Gasteiger partial charge is 0.257 e. The zero-order chi connectivity index (χ0) is 18.7. The van der Waals surface area contributed by atoms with Crippen molar-refractivity contribution in [1.82, 2.24) is 4.57 Å². The minimum absolute atomic E-state index is 0.198. The van der Waals surface area contributed by atoms with Crippen molar-refractivity contribution >= 4 is 11.6 Å². The van der Waals surface area contributed by atoms with E-state index in [1.807, 2.05) is 50.2 Å². The zero-order valence-electron chi connectivity index (χ0n) is 15.4. The summed E-state index contributed by atoms with van der Waals surface area (Å²) in [4.78, 5) is 13.0. The maximum absolute atomic E-state index is 13.0. The Bertz CT molecular complexity index is 925. The molecule has 0 saturated heterocycles. The van der Waals surface area contributed by atoms with Crippen molar-refractivity contribution in [3.05, 3.63) is 71.5 Å². The molecule has 0 bridgehead atoms. The highest BCUT2D eigenvalue weighted by molar-refractivity contribution is 6.07. The molecule has 0 saturated carbocycles. The molecule has 26 heavy (non-hydrogen) atoms. The molecule has 3 aromatic rings. The Morgan fingerprint density at radius 1 is 0.923 bits per heavy atom. The van der Waals surface area contributed by atoms with E-state index < -0.39 is 0 Å². The standard InChI is InChI=1S/C21H22N2O3/c1-14-9-10-15(2)23(14)19-8-6-5-7-17(19)21(24)22-18-12-11-16(25-3)13-20(18)26-4/h5-13H,1-4H3,(H,22,24). The highest BCUT2D eigenvalue weighted by atomic mass is 16.5. The van der Waals surface area contributed by atoms with Gasteiger partial charge in [-0.15, -0.1) is 0 Å². The van der Waals surface area contributed by atoms with Gasteiger partial charge in [0.2, 0.25) is 0 Å². The van der Waals surface area contributed by atoms with Crippen LogP contribution in [0, 0.1) is 13.8 Å². The lowest BCUT2D eigenvalue weighted by Crippen LogP contribution is -2.16. The van der Waals surface area contributed by atoms with E-state index >= 15 is 0 Å². The quantitative estimate of drug-likeness (QED) is 0.744. The average Bonchev–Trinajstić information content (AvgIpc) is 3.00. The second kappa shape index (κ2) is 7.35. The van der Waals surface area contributed by atoms with Gasteiger partial charge in [-0.3, -0.25) is 4.79 Å². The van der Waals surface area contributed by atoms with Crippen molar-refractivity contribution in [3.8, 4) is 17.2 Å². The van der Waals surface area contributed by atoms with Gasteiger partial charge in [0.1, 0.15) is 11.5 Å². The fourth-order valence-electron chi connectivity index (χ4n) is 3.00. The van der Waals surface area contributed by atoms with Crippen molar-refractivity contribution in [2.45, 2.75) is 13.8 Å². The van der Waals surface area contributed by atoms with Gasteiger partial charge in [-0.2, -0.15) is 0 Å². The molecule has 5 nitrogen and oxygen atoms in total. The molecule has 1 heterocycles. The summed E-state index contributed by atoms with van der Waals surface area (Å²) >= 11 is 0. The van der Waals surface area contributed by atoms with Crippen LogP contribution in [0.1, 0.15) is 21.7 Å². The van der Waals surface area contributed by atoms with Gasteiger partial charge in [0.25, 0.3) is 5.91 Å². The lowest BCUT2D eigenvalue weighted by molar-refractivity contribution is 0.102. The van der Waals surface area contributed by atoms with Crippen molar-refractivity contribution in [2.75, 3.05) is 19.5 Å². The summed E-state index contributed by atoms with van der Waals surface area (Å²) in [6.07, 6.45) is 0. The summed E-state index contributed by atoms with van der Waals surface area (Å²) in [5.74, 6) is 1.01. The Hall–Kier alpha value is -3.21. The number of methoxy groups -OCH3 is 2. The summed E-state index contributed by atoms with van der Waals surface area (Å²) in [7, 11) is 3.15. The number of aryl methyl sites for hydroxylation is 2. The van der Waals surface area contributed by atoms with E-state index in [1.54, 1.807) is 32.4 Å². The van der Waals surface area contributed by atoms with Crippen LogP contribution in [0.15, 0.2) is 54.6 Å². The molecule has 1 N–H and O–H groups in total. The number of ether oxygens (including phenoxy) is 2. The van der Waals surface area contributed by atoms with Crippen LogP contribution in [0.2, 0.25) is 0 Å². The maximum atomic E-state index is 13.0. The van der Waals surface area contributed by atoms with Gasteiger partial charge in [-0.1, -0.05) is 12.1 Å². The van der Waals surface area contributed by atoms with Gasteiger partial charge in [0.15, 0.2) is 0 Å². The van der Waals surface area contributed by atoms with Crippen LogP contribution < -0.4 is 14.8 Å². The molecule has 0 atom stereocenters. The molecule has 0 radical (unpaired) electrons. The summed E-state index contributed by atoms with van der Waals surface area (Å²) < 4.78 is 12.6. The number of aromatic nitrogens is 1. The summed E-state index contributed by atoms with van der Waals surface area (Å²) in [6.45, 7) is 4.04. The molecular weight excluding hydrogens is 328 g/mol. The second-order valence-corrected chi connectivity index (χ2v) is 5.99. The average molecular weight is 350 g/mol. The topological polar surface area (TPSA) is 52.5 Å². The van der Waals surface area contributed by atoms with Crippen molar-refractivity contribution in [3.63, 3.8) is 0 Å². The number of hydrogen-bond acceptors (Lipinski definition) is 3. The molecule has 3 rings (SSSR count). The molecule has 0 aliphatic carbocycles. The normalized spacial score (nSPS) is 10.5. The number of anilines is 1. The fraction of sp³-hybridized carbons (Fsp3) is 0.190. The lowest BCUT2D eigenvalue weighted by Gasteiger charge is -2.16. The predicted octanol–water partition coefficient (Wildman–Crippen LogP) is 4.36. The van der Waals surface area contributed by atoms with E-state index in [-0.39, 0.29) is 5.91 Å². The SMILES string of the molecule is COc1ccc(NC(=O)c2ccccc2-n2c(C)ccc2C)c(OC)c1. The minimum Gasteiger partial charge on any atom is -0.497 e. The second-order valence-electron chi connectivity index (χ2n) is 5.99. The van der Waals surface area contributed by atoms with Gasteiger partial charge in [-0.05, 0) is 50.2 Å². The van der Waals surface area contributed by atoms with Crippen LogP contribution in [0.5, 0.6) is 11.5 Å². The maximum Gasteiger partial charge on any atom is 0.257 e. The third kappa shape index (κ3) is 3.28. The molecule has 5 heteroatoms. The molecular formula is C21H22N2O3. The first-order chi connectivity index (χ1) is 12.5. The highest BCUT2D eigenvalue weighted by Gasteiger charge is 2.16. The van der Waals surface area contributed by atoms with E-state index in [0.717, 1.165) is 17.1 Å². The number of para-hydroxylation sites is 1. The summed E-state index contributed by atoms with van der Waals surface area (Å²) in [6, 6.07) is 16.9. The lowest BCUT2D eigenvalue weighted by atomic mass is 10.1. The molecule has 1 amide bonds. The van der Waals surface area contributed by atoms with Crippen LogP contribution in [-0.2, 0) is 0 Å². The minimum atomic E-state index is -0.198. The van der Waals surface area contributed by atoms with E-state index in [0.29, 0.717) is 22.7 Å². The fourth-order valence-corrected chi connectivity index (χ4v) is 3.00. The number of nitrogens with one attached hydrogen (secondary N) is 1. The van der Waals surface area contributed by atoms with Crippen molar-refractivity contribution in [1.29, 1.82) is 0 Å². The summed E-state index contributed by atoms with van der Waals surface area (Å²) in [5, 5.41) is 2.94. The van der Waals surface area contributed by atoms with Gasteiger partial charge in [0.05, 0.1) is 31.2 Å².